The van der Waals surface area contributed by atoms with E-state index in [1.165, 1.54) is 16.9 Å². The molecule has 37 heavy (non-hydrogen) atoms. The Morgan fingerprint density at radius 2 is 1.54 bits per heavy atom. The molecule has 1 N–H and O–H groups in total. The van der Waals surface area contributed by atoms with Gasteiger partial charge in [0.2, 0.25) is 5.91 Å². The minimum Gasteiger partial charge on any atom is -0.494 e. The van der Waals surface area contributed by atoms with Gasteiger partial charge in [-0.2, -0.15) is 0 Å². The van der Waals surface area contributed by atoms with Gasteiger partial charge in [0.05, 0.1) is 19.8 Å². The third-order valence-electron chi connectivity index (χ3n) is 6.34. The first kappa shape index (κ1) is 28.3. The lowest BCUT2D eigenvalue weighted by atomic mass is 9.82. The van der Waals surface area contributed by atoms with Gasteiger partial charge in [0.1, 0.15) is 22.1 Å². The lowest BCUT2D eigenvalue weighted by Crippen LogP contribution is -2.15. The molecule has 0 fully saturated rings. The molecule has 1 amide bonds. The Labute approximate surface area is 224 Å². The third-order valence-corrected chi connectivity index (χ3v) is 7.23. The van der Waals surface area contributed by atoms with E-state index >= 15 is 0 Å². The summed E-state index contributed by atoms with van der Waals surface area (Å²) in [5, 5.41) is 5.25. The van der Waals surface area contributed by atoms with Gasteiger partial charge in [0.25, 0.3) is 0 Å². The highest BCUT2D eigenvalue weighted by Gasteiger charge is 2.23. The second kappa shape index (κ2) is 13.3. The highest BCUT2D eigenvalue weighted by Crippen LogP contribution is 2.37. The number of thiophene rings is 1. The number of nitrogens with one attached hydrogen (secondary N) is 1. The van der Waals surface area contributed by atoms with Gasteiger partial charge in [-0.05, 0) is 67.5 Å². The Kier molecular flexibility index (Phi) is 10.1. The van der Waals surface area contributed by atoms with Crippen molar-refractivity contribution >= 4 is 28.2 Å². The number of amides is 1. The minimum absolute atomic E-state index is 0.133. The maximum Gasteiger partial charge on any atom is 0.341 e. The van der Waals surface area contributed by atoms with Crippen LogP contribution in [0.25, 0.3) is 11.1 Å². The third kappa shape index (κ3) is 7.59. The fourth-order valence-electron chi connectivity index (χ4n) is 3.78. The predicted octanol–water partition coefficient (Wildman–Crippen LogP) is 7.48. The molecule has 0 radical (unpaired) electrons. The van der Waals surface area contributed by atoms with Crippen molar-refractivity contribution in [2.75, 3.05) is 25.1 Å². The first-order chi connectivity index (χ1) is 17.8. The van der Waals surface area contributed by atoms with Crippen molar-refractivity contribution in [2.45, 2.75) is 59.3 Å². The fraction of sp³-hybridized carbons (Fsp3) is 0.400. The van der Waals surface area contributed by atoms with E-state index in [2.05, 4.69) is 38.2 Å². The first-order valence-corrected chi connectivity index (χ1v) is 13.7. The molecule has 198 valence electrons. The van der Waals surface area contributed by atoms with Crippen molar-refractivity contribution in [3.8, 4) is 22.6 Å². The molecule has 6 nitrogen and oxygen atoms in total. The van der Waals surface area contributed by atoms with Crippen molar-refractivity contribution < 1.29 is 23.8 Å². The van der Waals surface area contributed by atoms with Crippen LogP contribution in [0.1, 0.15) is 69.8 Å². The monoisotopic (exact) mass is 523 g/mol. The lowest BCUT2D eigenvalue weighted by molar-refractivity contribution is -0.116. The molecule has 1 heterocycles. The standard InChI is InChI=1S/C30H37NO5S/c1-6-30(4,5)22-13-17-24(18-14-22)36-19-9-10-26(32)31-28-27(29(33)35-8-3)25(20-37-28)21-11-15-23(16-12-21)34-7-2/h11-18,20H,6-10,19H2,1-5H3,(H,31,32). The van der Waals surface area contributed by atoms with E-state index in [-0.39, 0.29) is 24.3 Å². The maximum absolute atomic E-state index is 12.8. The second-order valence-corrected chi connectivity index (χ2v) is 10.2. The number of carbonyl (C=O) groups excluding carboxylic acids is 2. The van der Waals surface area contributed by atoms with Crippen LogP contribution in [0.2, 0.25) is 0 Å². The van der Waals surface area contributed by atoms with Gasteiger partial charge in [-0.25, -0.2) is 4.79 Å². The molecule has 0 atom stereocenters. The van der Waals surface area contributed by atoms with Crippen LogP contribution in [0.15, 0.2) is 53.9 Å². The van der Waals surface area contributed by atoms with E-state index in [0.29, 0.717) is 30.2 Å². The van der Waals surface area contributed by atoms with Crippen molar-refractivity contribution in [1.82, 2.24) is 0 Å². The van der Waals surface area contributed by atoms with Crippen LogP contribution in [0.3, 0.4) is 0 Å². The van der Waals surface area contributed by atoms with E-state index in [0.717, 1.165) is 29.0 Å². The molecule has 0 saturated carbocycles. The molecule has 0 aliphatic rings. The summed E-state index contributed by atoms with van der Waals surface area (Å²) in [5.74, 6) is 0.921. The van der Waals surface area contributed by atoms with Crippen LogP contribution in [-0.4, -0.2) is 31.7 Å². The van der Waals surface area contributed by atoms with E-state index in [4.69, 9.17) is 14.2 Å². The Bertz CT molecular complexity index is 1170. The van der Waals surface area contributed by atoms with Gasteiger partial charge < -0.3 is 19.5 Å². The van der Waals surface area contributed by atoms with Crippen LogP contribution in [0.4, 0.5) is 5.00 Å². The SMILES string of the molecule is CCOC(=O)c1c(-c2ccc(OCC)cc2)csc1NC(=O)CCCOc1ccc(C(C)(C)CC)cc1. The van der Waals surface area contributed by atoms with E-state index in [1.807, 2.05) is 48.7 Å². The molecular weight excluding hydrogens is 486 g/mol. The number of hydrogen-bond acceptors (Lipinski definition) is 6. The molecular formula is C30H37NO5S. The summed E-state index contributed by atoms with van der Waals surface area (Å²) in [6, 6.07) is 15.7. The summed E-state index contributed by atoms with van der Waals surface area (Å²) < 4.78 is 16.6. The summed E-state index contributed by atoms with van der Waals surface area (Å²) in [7, 11) is 0. The zero-order valence-electron chi connectivity index (χ0n) is 22.4. The number of carbonyl (C=O) groups is 2. The van der Waals surface area contributed by atoms with Crippen LogP contribution in [-0.2, 0) is 14.9 Å². The molecule has 0 spiro atoms. The first-order valence-electron chi connectivity index (χ1n) is 12.8. The Morgan fingerprint density at radius 1 is 0.892 bits per heavy atom. The van der Waals surface area contributed by atoms with Crippen LogP contribution >= 0.6 is 11.3 Å². The van der Waals surface area contributed by atoms with Gasteiger partial charge in [-0.3, -0.25) is 4.79 Å². The average molecular weight is 524 g/mol. The largest absolute Gasteiger partial charge is 0.494 e. The lowest BCUT2D eigenvalue weighted by Gasteiger charge is -2.23. The Hall–Kier alpha value is -3.32. The molecule has 1 aromatic heterocycles. The zero-order valence-corrected chi connectivity index (χ0v) is 23.2. The normalized spacial score (nSPS) is 11.2. The molecule has 0 aliphatic carbocycles. The number of anilines is 1. The van der Waals surface area contributed by atoms with Crippen molar-refractivity contribution in [2.24, 2.45) is 0 Å². The highest BCUT2D eigenvalue weighted by atomic mass is 32.1. The van der Waals surface area contributed by atoms with Crippen LogP contribution in [0, 0.1) is 0 Å². The topological polar surface area (TPSA) is 73.9 Å². The summed E-state index contributed by atoms with van der Waals surface area (Å²) in [6.45, 7) is 11.6. The van der Waals surface area contributed by atoms with Crippen LogP contribution < -0.4 is 14.8 Å². The number of ether oxygens (including phenoxy) is 3. The number of benzene rings is 2. The van der Waals surface area contributed by atoms with Gasteiger partial charge in [-0.1, -0.05) is 45.0 Å². The van der Waals surface area contributed by atoms with Gasteiger partial charge >= 0.3 is 5.97 Å². The van der Waals surface area contributed by atoms with Crippen molar-refractivity contribution in [3.63, 3.8) is 0 Å². The average Bonchev–Trinajstić information content (AvgIpc) is 3.31. The van der Waals surface area contributed by atoms with Crippen molar-refractivity contribution in [3.05, 3.63) is 65.0 Å². The van der Waals surface area contributed by atoms with Crippen molar-refractivity contribution in [1.29, 1.82) is 0 Å². The number of hydrogen-bond donors (Lipinski definition) is 1. The van der Waals surface area contributed by atoms with Gasteiger partial charge in [0.15, 0.2) is 0 Å². The predicted molar refractivity (Wildman–Crippen MR) is 150 cm³/mol. The fourth-order valence-corrected chi connectivity index (χ4v) is 4.76. The minimum atomic E-state index is -0.457. The molecule has 3 rings (SSSR count). The molecule has 0 unspecified atom stereocenters. The van der Waals surface area contributed by atoms with E-state index in [9.17, 15) is 9.59 Å². The maximum atomic E-state index is 12.8. The smallest absolute Gasteiger partial charge is 0.341 e. The van der Waals surface area contributed by atoms with Crippen LogP contribution in [0.5, 0.6) is 11.5 Å². The molecule has 3 aromatic rings. The molecule has 0 bridgehead atoms. The second-order valence-electron chi connectivity index (χ2n) is 9.29. The highest BCUT2D eigenvalue weighted by molar-refractivity contribution is 7.15. The van der Waals surface area contributed by atoms with Gasteiger partial charge in [0, 0.05) is 17.4 Å². The summed E-state index contributed by atoms with van der Waals surface area (Å²) in [4.78, 5) is 25.5. The number of esters is 1. The van der Waals surface area contributed by atoms with Gasteiger partial charge in [-0.15, -0.1) is 11.3 Å². The number of rotatable bonds is 13. The molecule has 2 aromatic carbocycles. The summed E-state index contributed by atoms with van der Waals surface area (Å²) in [6.07, 6.45) is 1.89. The Morgan fingerprint density at radius 3 is 2.16 bits per heavy atom. The van der Waals surface area contributed by atoms with E-state index in [1.54, 1.807) is 6.92 Å². The summed E-state index contributed by atoms with van der Waals surface area (Å²) >= 11 is 1.31. The molecule has 0 aliphatic heterocycles. The molecule has 7 heteroatoms. The zero-order chi connectivity index (χ0) is 26.8. The quantitative estimate of drug-likeness (QED) is 0.186. The van der Waals surface area contributed by atoms with E-state index < -0.39 is 5.97 Å². The Balaban J connectivity index is 1.60. The summed E-state index contributed by atoms with van der Waals surface area (Å²) in [5.41, 5.74) is 3.35. The molecule has 0 saturated heterocycles.